The Bertz CT molecular complexity index is 635. The van der Waals surface area contributed by atoms with E-state index in [1.165, 1.54) is 17.3 Å². The van der Waals surface area contributed by atoms with Crippen molar-refractivity contribution >= 4 is 17.7 Å². The van der Waals surface area contributed by atoms with Gasteiger partial charge in [0.15, 0.2) is 0 Å². The van der Waals surface area contributed by atoms with Crippen LogP contribution in [-0.4, -0.2) is 30.0 Å². The first kappa shape index (κ1) is 15.3. The minimum Gasteiger partial charge on any atom is -0.457 e. The number of epoxide rings is 1. The van der Waals surface area contributed by atoms with Crippen LogP contribution in [0.15, 0.2) is 46.9 Å². The Labute approximate surface area is 141 Å². The Morgan fingerprint density at radius 2 is 2.13 bits per heavy atom. The Morgan fingerprint density at radius 3 is 2.87 bits per heavy atom. The van der Waals surface area contributed by atoms with Crippen LogP contribution in [0.3, 0.4) is 0 Å². The molecular formula is C19H22O3S. The minimum atomic E-state index is -0.125. The van der Waals surface area contributed by atoms with Crippen molar-refractivity contribution in [2.75, 3.05) is 12.4 Å². The van der Waals surface area contributed by atoms with Crippen molar-refractivity contribution < 1.29 is 14.3 Å². The molecule has 1 saturated carbocycles. The van der Waals surface area contributed by atoms with Crippen molar-refractivity contribution in [3.05, 3.63) is 42.0 Å². The summed E-state index contributed by atoms with van der Waals surface area (Å²) in [6.45, 7) is 3.22. The van der Waals surface area contributed by atoms with Crippen LogP contribution >= 0.6 is 11.8 Å². The maximum absolute atomic E-state index is 12.1. The lowest BCUT2D eigenvalue weighted by Gasteiger charge is -2.36. The molecule has 4 rings (SSSR count). The van der Waals surface area contributed by atoms with Gasteiger partial charge in [-0.3, -0.25) is 4.79 Å². The van der Waals surface area contributed by atoms with Crippen LogP contribution in [0, 0.1) is 5.41 Å². The smallest absolute Gasteiger partial charge is 0.316 e. The number of hydrogen-bond acceptors (Lipinski definition) is 4. The molecule has 1 aliphatic heterocycles. The second kappa shape index (κ2) is 5.67. The van der Waals surface area contributed by atoms with E-state index in [-0.39, 0.29) is 23.1 Å². The van der Waals surface area contributed by atoms with Crippen LogP contribution in [0.25, 0.3) is 0 Å². The fourth-order valence-electron chi connectivity index (χ4n) is 4.08. The van der Waals surface area contributed by atoms with E-state index in [2.05, 4.69) is 13.0 Å². The molecule has 4 heteroatoms. The normalized spacial score (nSPS) is 34.8. The fraction of sp³-hybridized carbons (Fsp3) is 0.526. The molecule has 2 aliphatic carbocycles. The van der Waals surface area contributed by atoms with E-state index >= 15 is 0 Å². The topological polar surface area (TPSA) is 38.8 Å². The predicted molar refractivity (Wildman–Crippen MR) is 90.4 cm³/mol. The molecule has 23 heavy (non-hydrogen) atoms. The highest BCUT2D eigenvalue weighted by Crippen LogP contribution is 2.62. The minimum absolute atomic E-state index is 0.0594. The number of fused-ring (bicyclic) bond motifs is 2. The van der Waals surface area contributed by atoms with Gasteiger partial charge in [-0.2, -0.15) is 0 Å². The molecule has 0 N–H and O–H groups in total. The van der Waals surface area contributed by atoms with Gasteiger partial charge < -0.3 is 9.47 Å². The zero-order chi connectivity index (χ0) is 15.9. The van der Waals surface area contributed by atoms with Gasteiger partial charge in [0.2, 0.25) is 0 Å². The van der Waals surface area contributed by atoms with Gasteiger partial charge in [-0.1, -0.05) is 30.7 Å². The van der Waals surface area contributed by atoms with Gasteiger partial charge in [-0.05, 0) is 43.9 Å². The molecule has 1 saturated heterocycles. The summed E-state index contributed by atoms with van der Waals surface area (Å²) in [7, 11) is 0. The molecule has 122 valence electrons. The van der Waals surface area contributed by atoms with E-state index in [0.717, 1.165) is 37.2 Å². The molecule has 3 nitrogen and oxygen atoms in total. The van der Waals surface area contributed by atoms with Crippen molar-refractivity contribution in [2.45, 2.75) is 49.2 Å². The third-order valence-corrected chi connectivity index (χ3v) is 6.69. The maximum atomic E-state index is 12.1. The first-order valence-electron chi connectivity index (χ1n) is 8.34. The summed E-state index contributed by atoms with van der Waals surface area (Å²) in [4.78, 5) is 13.2. The first-order valence-corrected chi connectivity index (χ1v) is 9.32. The first-order chi connectivity index (χ1) is 11.1. The second-order valence-electron chi connectivity index (χ2n) is 6.98. The summed E-state index contributed by atoms with van der Waals surface area (Å²) in [6.07, 6.45) is 6.32. The number of rotatable bonds is 4. The van der Waals surface area contributed by atoms with E-state index in [1.807, 2.05) is 30.3 Å². The molecule has 1 spiro atoms. The van der Waals surface area contributed by atoms with Crippen molar-refractivity contribution in [1.82, 2.24) is 0 Å². The Morgan fingerprint density at radius 1 is 1.35 bits per heavy atom. The van der Waals surface area contributed by atoms with Crippen LogP contribution in [0.4, 0.5) is 0 Å². The molecule has 0 aromatic heterocycles. The van der Waals surface area contributed by atoms with Crippen LogP contribution in [0.2, 0.25) is 0 Å². The number of esters is 1. The third kappa shape index (κ3) is 2.72. The largest absolute Gasteiger partial charge is 0.457 e. The van der Waals surface area contributed by atoms with E-state index < -0.39 is 0 Å². The van der Waals surface area contributed by atoms with Crippen molar-refractivity contribution in [3.63, 3.8) is 0 Å². The summed E-state index contributed by atoms with van der Waals surface area (Å²) in [6, 6.07) is 9.97. The lowest BCUT2D eigenvalue weighted by Crippen LogP contribution is -2.36. The lowest BCUT2D eigenvalue weighted by atomic mass is 9.70. The van der Waals surface area contributed by atoms with E-state index in [0.29, 0.717) is 5.75 Å². The lowest BCUT2D eigenvalue weighted by molar-refractivity contribution is -0.144. The number of carbonyl (C=O) groups is 1. The van der Waals surface area contributed by atoms with Crippen molar-refractivity contribution in [3.8, 4) is 0 Å². The quantitative estimate of drug-likeness (QED) is 0.362. The molecule has 0 unspecified atom stereocenters. The summed E-state index contributed by atoms with van der Waals surface area (Å²) in [5.41, 5.74) is 1.72. The van der Waals surface area contributed by atoms with Crippen LogP contribution in [0.5, 0.6) is 0 Å². The average molecular weight is 330 g/mol. The highest BCUT2D eigenvalue weighted by atomic mass is 32.2. The molecule has 1 aromatic rings. The van der Waals surface area contributed by atoms with Crippen LogP contribution < -0.4 is 0 Å². The van der Waals surface area contributed by atoms with Gasteiger partial charge in [0.25, 0.3) is 0 Å². The monoisotopic (exact) mass is 330 g/mol. The van der Waals surface area contributed by atoms with Gasteiger partial charge >= 0.3 is 5.97 Å². The Hall–Kier alpha value is -1.26. The summed E-state index contributed by atoms with van der Waals surface area (Å²) >= 11 is 1.53. The molecule has 3 aliphatic rings. The highest BCUT2D eigenvalue weighted by molar-refractivity contribution is 8.00. The van der Waals surface area contributed by atoms with Crippen LogP contribution in [0.1, 0.15) is 32.6 Å². The highest BCUT2D eigenvalue weighted by Gasteiger charge is 2.64. The Balaban J connectivity index is 1.34. The SMILES string of the molecule is C[C@@]12CC[C@H](OC(=O)CSc3ccccc3)C=C1CC[C@]21CO1. The summed E-state index contributed by atoms with van der Waals surface area (Å²) in [5, 5.41) is 0. The molecule has 0 radical (unpaired) electrons. The molecule has 0 amide bonds. The third-order valence-electron chi connectivity index (χ3n) is 5.70. The number of benzene rings is 1. The number of thioether (sulfide) groups is 1. The zero-order valence-electron chi connectivity index (χ0n) is 13.4. The molecule has 3 atom stereocenters. The standard InChI is InChI=1S/C19H22O3S/c1-18-9-8-15(11-14(18)7-10-19(18)13-21-19)22-17(20)12-23-16-5-3-2-4-6-16/h2-6,11,15H,7-10,12-13H2,1H3/t15-,18+,19-/m0/s1. The van der Waals surface area contributed by atoms with Gasteiger partial charge in [0.1, 0.15) is 11.7 Å². The van der Waals surface area contributed by atoms with E-state index in [4.69, 9.17) is 9.47 Å². The van der Waals surface area contributed by atoms with Gasteiger partial charge in [-0.25, -0.2) is 0 Å². The summed E-state index contributed by atoms with van der Waals surface area (Å²) < 4.78 is 11.5. The number of hydrogen-bond donors (Lipinski definition) is 0. The fourth-order valence-corrected chi connectivity index (χ4v) is 4.78. The van der Waals surface area contributed by atoms with Crippen molar-refractivity contribution in [1.29, 1.82) is 0 Å². The molecule has 2 fully saturated rings. The van der Waals surface area contributed by atoms with E-state index in [1.54, 1.807) is 0 Å². The van der Waals surface area contributed by atoms with Crippen molar-refractivity contribution in [2.24, 2.45) is 5.41 Å². The maximum Gasteiger partial charge on any atom is 0.316 e. The van der Waals surface area contributed by atoms with Gasteiger partial charge in [-0.15, -0.1) is 11.8 Å². The molecule has 0 bridgehead atoms. The second-order valence-corrected chi connectivity index (χ2v) is 8.02. The summed E-state index contributed by atoms with van der Waals surface area (Å²) in [5.74, 6) is 0.244. The average Bonchev–Trinajstić information content (AvgIpc) is 3.30. The Kier molecular flexibility index (Phi) is 3.77. The van der Waals surface area contributed by atoms with E-state index in [9.17, 15) is 4.79 Å². The van der Waals surface area contributed by atoms with Gasteiger partial charge in [0.05, 0.1) is 12.4 Å². The predicted octanol–water partition coefficient (Wildman–Crippen LogP) is 3.98. The van der Waals surface area contributed by atoms with Gasteiger partial charge in [0, 0.05) is 10.3 Å². The molecule has 1 heterocycles. The number of carbonyl (C=O) groups excluding carboxylic acids is 1. The zero-order valence-corrected chi connectivity index (χ0v) is 14.2. The number of ether oxygens (including phenoxy) is 2. The molecule has 1 aromatic carbocycles. The van der Waals surface area contributed by atoms with Crippen LogP contribution in [-0.2, 0) is 14.3 Å². The molecular weight excluding hydrogens is 308 g/mol.